The van der Waals surface area contributed by atoms with Crippen molar-refractivity contribution in [2.75, 3.05) is 0 Å². The molecule has 0 aromatic carbocycles. The lowest BCUT2D eigenvalue weighted by molar-refractivity contribution is -0.0560. The third-order valence-corrected chi connectivity index (χ3v) is 12.5. The summed E-state index contributed by atoms with van der Waals surface area (Å²) in [6.45, 7) is 12.0. The van der Waals surface area contributed by atoms with Crippen LogP contribution in [0, 0.1) is 46.3 Å². The highest BCUT2D eigenvalue weighted by Crippen LogP contribution is 2.67. The van der Waals surface area contributed by atoms with Gasteiger partial charge in [-0.05, 0) is 97.7 Å². The average molecular weight is 547 g/mol. The van der Waals surface area contributed by atoms with Crippen LogP contribution in [0.25, 0.3) is 0 Å². The Balaban J connectivity index is 1.45. The summed E-state index contributed by atoms with van der Waals surface area (Å²) in [6.07, 6.45) is 13.6. The third kappa shape index (κ3) is 5.75. The van der Waals surface area contributed by atoms with E-state index >= 15 is 0 Å². The molecular weight excluding hydrogens is 500 g/mol. The molecule has 36 heavy (non-hydrogen) atoms. The summed E-state index contributed by atoms with van der Waals surface area (Å²) in [5.74, 6) is 4.39. The minimum absolute atomic E-state index is 0.0265. The number of fused-ring (bicyclic) bond motifs is 5. The molecule has 0 aromatic rings. The summed E-state index contributed by atoms with van der Waals surface area (Å²) >= 11 is 0. The average Bonchev–Trinajstić information content (AvgIpc) is 3.09. The first kappa shape index (κ1) is 28.5. The molecule has 0 amide bonds. The summed E-state index contributed by atoms with van der Waals surface area (Å²) in [6, 6.07) is 0. The lowest BCUT2D eigenvalue weighted by Gasteiger charge is -2.58. The molecule has 4 rings (SSSR count). The van der Waals surface area contributed by atoms with Crippen LogP contribution in [0.1, 0.15) is 105 Å². The number of hydrogen-bond donors (Lipinski definition) is 1. The molecule has 0 aliphatic heterocycles. The van der Waals surface area contributed by atoms with Crippen molar-refractivity contribution < 1.29 is 29.2 Å². The van der Waals surface area contributed by atoms with E-state index in [0.29, 0.717) is 30.1 Å². The molecule has 4 aliphatic carbocycles. The van der Waals surface area contributed by atoms with Gasteiger partial charge in [-0.1, -0.05) is 65.5 Å². The fourth-order valence-corrected chi connectivity index (χ4v) is 10.5. The van der Waals surface area contributed by atoms with Crippen molar-refractivity contribution in [3.8, 4) is 0 Å². The number of allylic oxidation sites excluding steroid dienone is 1. The number of hydrogen-bond acceptors (Lipinski definition) is 6. The van der Waals surface area contributed by atoms with Gasteiger partial charge in [-0.2, -0.15) is 16.8 Å². The van der Waals surface area contributed by atoms with Crippen molar-refractivity contribution in [1.29, 1.82) is 0 Å². The van der Waals surface area contributed by atoms with Gasteiger partial charge in [-0.25, -0.2) is 4.18 Å². The van der Waals surface area contributed by atoms with Crippen molar-refractivity contribution in [1.82, 2.24) is 0 Å². The van der Waals surface area contributed by atoms with E-state index in [1.165, 1.54) is 50.5 Å². The van der Waals surface area contributed by atoms with Crippen LogP contribution >= 0.6 is 0 Å². The summed E-state index contributed by atoms with van der Waals surface area (Å²) in [5.41, 5.74) is 1.68. The van der Waals surface area contributed by atoms with E-state index in [1.54, 1.807) is 0 Å². The summed E-state index contributed by atoms with van der Waals surface area (Å²) < 4.78 is 63.1. The van der Waals surface area contributed by atoms with Crippen LogP contribution in [0.4, 0.5) is 0 Å². The van der Waals surface area contributed by atoms with Crippen LogP contribution in [-0.4, -0.2) is 27.5 Å². The molecule has 0 heterocycles. The van der Waals surface area contributed by atoms with E-state index in [0.717, 1.165) is 36.5 Å². The quantitative estimate of drug-likeness (QED) is 0.261. The number of rotatable bonds is 9. The summed E-state index contributed by atoms with van der Waals surface area (Å²) in [5, 5.41) is 0. The van der Waals surface area contributed by atoms with Gasteiger partial charge in [0.15, 0.2) is 0 Å². The second kappa shape index (κ2) is 10.2. The van der Waals surface area contributed by atoms with Crippen LogP contribution in [-0.2, 0) is 28.6 Å². The molecule has 0 saturated heterocycles. The lowest BCUT2D eigenvalue weighted by Crippen LogP contribution is -2.51. The van der Waals surface area contributed by atoms with Gasteiger partial charge in [-0.3, -0.25) is 4.55 Å². The van der Waals surface area contributed by atoms with Gasteiger partial charge in [-0.15, -0.1) is 3.63 Å². The highest BCUT2D eigenvalue weighted by Gasteiger charge is 2.59. The van der Waals surface area contributed by atoms with E-state index in [2.05, 4.69) is 44.3 Å². The Bertz CT molecular complexity index is 1050. The Morgan fingerprint density at radius 3 is 2.39 bits per heavy atom. The SMILES string of the molecule is CC(C)CCCC(C)[C@H]1CC[C@H]2[C@@H]3CC=C4C[C@@H](OS(=O)(=O)OS(=O)(=O)O)CC[C@]4(C)[C@H]3CC[C@]12C. The van der Waals surface area contributed by atoms with Gasteiger partial charge in [0, 0.05) is 0 Å². The minimum atomic E-state index is -5.15. The molecule has 0 aromatic heterocycles. The molecule has 208 valence electrons. The van der Waals surface area contributed by atoms with Crippen LogP contribution < -0.4 is 0 Å². The predicted octanol–water partition coefficient (Wildman–Crippen LogP) is 6.48. The Kier molecular flexibility index (Phi) is 8.12. The van der Waals surface area contributed by atoms with Gasteiger partial charge >= 0.3 is 20.8 Å². The van der Waals surface area contributed by atoms with Crippen LogP contribution in [0.15, 0.2) is 11.6 Å². The molecule has 9 heteroatoms. The molecular formula is C27H46O7S2. The molecule has 4 aliphatic rings. The third-order valence-electron chi connectivity index (χ3n) is 10.7. The summed E-state index contributed by atoms with van der Waals surface area (Å²) in [7, 11) is -9.98. The van der Waals surface area contributed by atoms with Gasteiger partial charge in [0.05, 0.1) is 6.10 Å². The van der Waals surface area contributed by atoms with E-state index in [9.17, 15) is 16.8 Å². The van der Waals surface area contributed by atoms with Gasteiger partial charge < -0.3 is 0 Å². The van der Waals surface area contributed by atoms with E-state index in [-0.39, 0.29) is 5.41 Å². The maximum Gasteiger partial charge on any atom is 0.416 e. The highest BCUT2D eigenvalue weighted by atomic mass is 32.3. The first-order valence-corrected chi connectivity index (χ1v) is 16.7. The normalized spacial score (nSPS) is 39.8. The fraction of sp³-hybridized carbons (Fsp3) is 0.926. The van der Waals surface area contributed by atoms with Gasteiger partial charge in [0.1, 0.15) is 0 Å². The molecule has 1 N–H and O–H groups in total. The molecule has 0 bridgehead atoms. The summed E-state index contributed by atoms with van der Waals surface area (Å²) in [4.78, 5) is 0. The molecule has 0 radical (unpaired) electrons. The maximum absolute atomic E-state index is 11.9. The predicted molar refractivity (Wildman–Crippen MR) is 139 cm³/mol. The molecule has 7 nitrogen and oxygen atoms in total. The zero-order valence-corrected chi connectivity index (χ0v) is 24.2. The highest BCUT2D eigenvalue weighted by molar-refractivity contribution is 7.94. The van der Waals surface area contributed by atoms with E-state index < -0.39 is 26.9 Å². The Labute approximate surface area is 219 Å². The molecule has 1 unspecified atom stereocenters. The van der Waals surface area contributed by atoms with Crippen molar-refractivity contribution in [3.63, 3.8) is 0 Å². The fourth-order valence-electron chi connectivity index (χ4n) is 9.02. The van der Waals surface area contributed by atoms with Crippen molar-refractivity contribution in [2.24, 2.45) is 46.3 Å². The van der Waals surface area contributed by atoms with E-state index in [4.69, 9.17) is 8.74 Å². The largest absolute Gasteiger partial charge is 0.416 e. The van der Waals surface area contributed by atoms with Crippen LogP contribution in [0.3, 0.4) is 0 Å². The second-order valence-corrected chi connectivity index (χ2v) is 15.6. The second-order valence-electron chi connectivity index (χ2n) is 13.2. The molecule has 3 fully saturated rings. The minimum Gasteiger partial charge on any atom is -0.263 e. The topological polar surface area (TPSA) is 107 Å². The van der Waals surface area contributed by atoms with Gasteiger partial charge in [0.2, 0.25) is 0 Å². The lowest BCUT2D eigenvalue weighted by atomic mass is 9.47. The first-order chi connectivity index (χ1) is 16.6. The Morgan fingerprint density at radius 1 is 1.00 bits per heavy atom. The van der Waals surface area contributed by atoms with Crippen molar-refractivity contribution in [2.45, 2.75) is 111 Å². The molecule has 8 atom stereocenters. The monoisotopic (exact) mass is 546 g/mol. The van der Waals surface area contributed by atoms with E-state index in [1.807, 2.05) is 0 Å². The first-order valence-electron chi connectivity index (χ1n) is 14.0. The van der Waals surface area contributed by atoms with Crippen LogP contribution in [0.5, 0.6) is 0 Å². The standard InChI is InChI=1S/C27H46O7S2/c1-18(2)7-6-8-19(3)23-11-12-24-22-10-9-20-17-21(33-36(31,32)34-35(28,29)30)13-15-26(20,4)25(22)14-16-27(23,24)5/h9,18-19,21-25H,6-8,10-17H2,1-5H3,(H,28,29,30)/t19?,21-,22-,23+,24-,25-,26-,27+/m0/s1. The van der Waals surface area contributed by atoms with Crippen molar-refractivity contribution in [3.05, 3.63) is 11.6 Å². The zero-order valence-electron chi connectivity index (χ0n) is 22.6. The molecule has 3 saturated carbocycles. The van der Waals surface area contributed by atoms with Crippen LogP contribution in [0.2, 0.25) is 0 Å². The van der Waals surface area contributed by atoms with Crippen molar-refractivity contribution >= 4 is 20.8 Å². The smallest absolute Gasteiger partial charge is 0.263 e. The zero-order chi connectivity index (χ0) is 26.5. The Hall–Kier alpha value is -0.480. The Morgan fingerprint density at radius 2 is 1.72 bits per heavy atom. The molecule has 0 spiro atoms. The van der Waals surface area contributed by atoms with Gasteiger partial charge in [0.25, 0.3) is 0 Å². The maximum atomic E-state index is 11.9.